The highest BCUT2D eigenvalue weighted by atomic mass is 15.3. The first kappa shape index (κ1) is 24.9. The van der Waals surface area contributed by atoms with Gasteiger partial charge in [0.05, 0.1) is 0 Å². The fraction of sp³-hybridized carbons (Fsp3) is 0.625. The maximum absolute atomic E-state index is 4.84. The molecule has 0 bridgehead atoms. The van der Waals surface area contributed by atoms with Crippen LogP contribution in [0, 0.1) is 0 Å². The molecule has 2 aromatic rings. The summed E-state index contributed by atoms with van der Waals surface area (Å²) in [6.07, 6.45) is 5.94. The van der Waals surface area contributed by atoms with Crippen molar-refractivity contribution in [3.8, 4) is 0 Å². The molecule has 2 rings (SSSR count). The molecule has 31 heavy (non-hydrogen) atoms. The van der Waals surface area contributed by atoms with Crippen molar-refractivity contribution in [3.63, 3.8) is 0 Å². The molecular formula is C24H41N7. The van der Waals surface area contributed by atoms with Crippen LogP contribution in [-0.2, 0) is 19.4 Å². The van der Waals surface area contributed by atoms with Crippen LogP contribution in [0.1, 0.15) is 51.9 Å². The van der Waals surface area contributed by atoms with Gasteiger partial charge in [-0.05, 0) is 51.4 Å². The zero-order valence-corrected chi connectivity index (χ0v) is 19.8. The van der Waals surface area contributed by atoms with Gasteiger partial charge in [-0.1, -0.05) is 51.1 Å². The first-order valence-corrected chi connectivity index (χ1v) is 11.8. The smallest absolute Gasteiger partial charge is 0.191 e. The van der Waals surface area contributed by atoms with Crippen molar-refractivity contribution < 1.29 is 0 Å². The third kappa shape index (κ3) is 9.51. The van der Waals surface area contributed by atoms with Gasteiger partial charge in [0, 0.05) is 32.1 Å². The number of aryl methyl sites for hydroxylation is 1. The topological polar surface area (TPSA) is 70.4 Å². The summed E-state index contributed by atoms with van der Waals surface area (Å²) in [6, 6.07) is 10.9. The Balaban J connectivity index is 1.86. The molecule has 7 nitrogen and oxygen atoms in total. The highest BCUT2D eigenvalue weighted by Crippen LogP contribution is 2.02. The highest BCUT2D eigenvalue weighted by molar-refractivity contribution is 5.80. The van der Waals surface area contributed by atoms with Crippen molar-refractivity contribution >= 4 is 5.96 Å². The molecule has 172 valence electrons. The van der Waals surface area contributed by atoms with Gasteiger partial charge in [-0.2, -0.15) is 0 Å². The van der Waals surface area contributed by atoms with Gasteiger partial charge in [-0.25, -0.2) is 0 Å². The fourth-order valence-electron chi connectivity index (χ4n) is 3.59. The Kier molecular flexibility index (Phi) is 11.7. The SMILES string of the molecule is CCc1nncn1CCNC(=NCCc1ccccc1)NC(C)CCCN(CC)CC. The number of nitrogens with one attached hydrogen (secondary N) is 2. The summed E-state index contributed by atoms with van der Waals surface area (Å²) in [6.45, 7) is 14.6. The molecule has 0 aliphatic rings. The average molecular weight is 428 g/mol. The Bertz CT molecular complexity index is 737. The summed E-state index contributed by atoms with van der Waals surface area (Å²) in [5.74, 6) is 1.90. The van der Waals surface area contributed by atoms with Crippen LogP contribution in [0.5, 0.6) is 0 Å². The molecule has 1 atom stereocenters. The Labute approximate surface area is 188 Å². The maximum Gasteiger partial charge on any atom is 0.191 e. The van der Waals surface area contributed by atoms with Crippen molar-refractivity contribution in [2.45, 2.75) is 66.0 Å². The second kappa shape index (κ2) is 14.6. The van der Waals surface area contributed by atoms with Crippen LogP contribution in [0.3, 0.4) is 0 Å². The molecule has 0 saturated heterocycles. The third-order valence-electron chi connectivity index (χ3n) is 5.56. The molecule has 0 saturated carbocycles. The quantitative estimate of drug-likeness (QED) is 0.358. The molecule has 2 N–H and O–H groups in total. The number of benzene rings is 1. The van der Waals surface area contributed by atoms with Gasteiger partial charge in [-0.3, -0.25) is 4.99 Å². The Hall–Kier alpha value is -2.41. The van der Waals surface area contributed by atoms with E-state index >= 15 is 0 Å². The fourth-order valence-corrected chi connectivity index (χ4v) is 3.59. The number of aromatic nitrogens is 3. The third-order valence-corrected chi connectivity index (χ3v) is 5.56. The lowest BCUT2D eigenvalue weighted by molar-refractivity contribution is 0.292. The molecule has 0 amide bonds. The number of aliphatic imine (C=N–C) groups is 1. The molecule has 0 aliphatic carbocycles. The van der Waals surface area contributed by atoms with Crippen LogP contribution < -0.4 is 10.6 Å². The molecule has 0 fully saturated rings. The highest BCUT2D eigenvalue weighted by Gasteiger charge is 2.08. The van der Waals surface area contributed by atoms with Gasteiger partial charge in [0.15, 0.2) is 5.96 Å². The standard InChI is InChI=1S/C24H41N7/c1-5-23-29-27-20-31(23)19-17-26-24(25-16-15-22-13-9-8-10-14-22)28-21(4)12-11-18-30(6-2)7-3/h8-10,13-14,20-21H,5-7,11-12,15-19H2,1-4H3,(H2,25,26,28). The lowest BCUT2D eigenvalue weighted by Crippen LogP contribution is -2.43. The summed E-state index contributed by atoms with van der Waals surface area (Å²) >= 11 is 0. The second-order valence-corrected chi connectivity index (χ2v) is 7.90. The largest absolute Gasteiger partial charge is 0.355 e. The zero-order chi connectivity index (χ0) is 22.3. The van der Waals surface area contributed by atoms with Crippen LogP contribution in [0.2, 0.25) is 0 Å². The number of nitrogens with zero attached hydrogens (tertiary/aromatic N) is 5. The minimum absolute atomic E-state index is 0.375. The molecule has 0 aliphatic heterocycles. The van der Waals surface area contributed by atoms with Gasteiger partial charge in [0.1, 0.15) is 12.2 Å². The van der Waals surface area contributed by atoms with Gasteiger partial charge < -0.3 is 20.1 Å². The van der Waals surface area contributed by atoms with Crippen molar-refractivity contribution in [2.24, 2.45) is 4.99 Å². The van der Waals surface area contributed by atoms with Crippen LogP contribution in [0.25, 0.3) is 0 Å². The van der Waals surface area contributed by atoms with E-state index in [0.717, 1.165) is 70.3 Å². The van der Waals surface area contributed by atoms with E-state index in [1.165, 1.54) is 12.0 Å². The van der Waals surface area contributed by atoms with Gasteiger partial charge >= 0.3 is 0 Å². The maximum atomic E-state index is 4.84. The lowest BCUT2D eigenvalue weighted by Gasteiger charge is -2.21. The van der Waals surface area contributed by atoms with Crippen LogP contribution in [0.4, 0.5) is 0 Å². The molecule has 1 aromatic heterocycles. The van der Waals surface area contributed by atoms with Gasteiger partial charge in [-0.15, -0.1) is 10.2 Å². The van der Waals surface area contributed by atoms with Gasteiger partial charge in [0.25, 0.3) is 0 Å². The van der Waals surface area contributed by atoms with E-state index < -0.39 is 0 Å². The number of guanidine groups is 1. The first-order valence-electron chi connectivity index (χ1n) is 11.8. The van der Waals surface area contributed by atoms with Crippen molar-refractivity contribution in [3.05, 3.63) is 48.0 Å². The number of hydrogen-bond acceptors (Lipinski definition) is 4. The summed E-state index contributed by atoms with van der Waals surface area (Å²) in [5.41, 5.74) is 1.31. The molecule has 1 aromatic carbocycles. The normalized spacial score (nSPS) is 12.9. The van der Waals surface area contributed by atoms with E-state index in [1.54, 1.807) is 6.33 Å². The minimum Gasteiger partial charge on any atom is -0.355 e. The predicted molar refractivity (Wildman–Crippen MR) is 129 cm³/mol. The van der Waals surface area contributed by atoms with Crippen molar-refractivity contribution in [1.82, 2.24) is 30.3 Å². The Morgan fingerprint density at radius 1 is 1.16 bits per heavy atom. The summed E-state index contributed by atoms with van der Waals surface area (Å²) in [4.78, 5) is 7.32. The Morgan fingerprint density at radius 2 is 1.94 bits per heavy atom. The zero-order valence-electron chi connectivity index (χ0n) is 19.8. The average Bonchev–Trinajstić information content (AvgIpc) is 3.25. The lowest BCUT2D eigenvalue weighted by atomic mass is 10.1. The monoisotopic (exact) mass is 427 g/mol. The van der Waals surface area contributed by atoms with E-state index in [4.69, 9.17) is 4.99 Å². The van der Waals surface area contributed by atoms with Crippen molar-refractivity contribution in [2.75, 3.05) is 32.7 Å². The Morgan fingerprint density at radius 3 is 2.65 bits per heavy atom. The molecule has 1 heterocycles. The van der Waals surface area contributed by atoms with Crippen molar-refractivity contribution in [1.29, 1.82) is 0 Å². The summed E-state index contributed by atoms with van der Waals surface area (Å²) in [7, 11) is 0. The van der Waals surface area contributed by atoms with Crippen LogP contribution in [0.15, 0.2) is 41.7 Å². The van der Waals surface area contributed by atoms with E-state index in [-0.39, 0.29) is 0 Å². The summed E-state index contributed by atoms with van der Waals surface area (Å²) in [5, 5.41) is 15.3. The molecule has 7 heteroatoms. The number of hydrogen-bond donors (Lipinski definition) is 2. The molecular weight excluding hydrogens is 386 g/mol. The molecule has 0 radical (unpaired) electrons. The summed E-state index contributed by atoms with van der Waals surface area (Å²) < 4.78 is 2.10. The van der Waals surface area contributed by atoms with E-state index in [0.29, 0.717) is 6.04 Å². The van der Waals surface area contributed by atoms with E-state index in [2.05, 4.69) is 88.3 Å². The van der Waals surface area contributed by atoms with Crippen LogP contribution in [-0.4, -0.2) is 64.4 Å². The predicted octanol–water partition coefficient (Wildman–Crippen LogP) is 3.13. The molecule has 1 unspecified atom stereocenters. The molecule has 0 spiro atoms. The van der Waals surface area contributed by atoms with Gasteiger partial charge in [0.2, 0.25) is 0 Å². The minimum atomic E-state index is 0.375. The first-order chi connectivity index (χ1) is 15.2. The number of rotatable bonds is 14. The van der Waals surface area contributed by atoms with E-state index in [9.17, 15) is 0 Å². The second-order valence-electron chi connectivity index (χ2n) is 7.90. The van der Waals surface area contributed by atoms with E-state index in [1.807, 2.05) is 0 Å². The van der Waals surface area contributed by atoms with Crippen LogP contribution >= 0.6 is 0 Å².